The van der Waals surface area contributed by atoms with Crippen LogP contribution in [0.2, 0.25) is 5.02 Å². The van der Waals surface area contributed by atoms with Crippen molar-refractivity contribution >= 4 is 29.1 Å². The predicted molar refractivity (Wildman–Crippen MR) is 80.3 cm³/mol. The Morgan fingerprint density at radius 3 is 2.71 bits per heavy atom. The summed E-state index contributed by atoms with van der Waals surface area (Å²) >= 11 is 7.56. The molecule has 0 bridgehead atoms. The standard InChI is InChI=1S/C12H17ClF3N3OS/c1-21-6-4-2-3-5-17-9-7-18-19(8-12(14,15)16)11(20)10(9)13/h7,17H,2-6,8H2,1H3. The van der Waals surface area contributed by atoms with Crippen LogP contribution in [0.25, 0.3) is 0 Å². The average molecular weight is 344 g/mol. The van der Waals surface area contributed by atoms with Gasteiger partial charge in [0.15, 0.2) is 0 Å². The van der Waals surface area contributed by atoms with Crippen molar-refractivity contribution < 1.29 is 13.2 Å². The van der Waals surface area contributed by atoms with Crippen LogP contribution in [0.4, 0.5) is 18.9 Å². The van der Waals surface area contributed by atoms with Crippen molar-refractivity contribution in [3.8, 4) is 0 Å². The molecule has 1 aromatic heterocycles. The van der Waals surface area contributed by atoms with Crippen LogP contribution >= 0.6 is 23.4 Å². The van der Waals surface area contributed by atoms with E-state index in [0.717, 1.165) is 31.2 Å². The summed E-state index contributed by atoms with van der Waals surface area (Å²) in [6.07, 6.45) is 1.71. The van der Waals surface area contributed by atoms with Crippen LogP contribution < -0.4 is 10.9 Å². The fourth-order valence-corrected chi connectivity index (χ4v) is 2.35. The van der Waals surface area contributed by atoms with Crippen LogP contribution in [0.5, 0.6) is 0 Å². The molecular formula is C12H17ClF3N3OS. The van der Waals surface area contributed by atoms with Crippen molar-refractivity contribution in [2.24, 2.45) is 0 Å². The molecule has 0 fully saturated rings. The van der Waals surface area contributed by atoms with Gasteiger partial charge in [0.05, 0.1) is 11.9 Å². The number of rotatable bonds is 8. The molecule has 0 aliphatic carbocycles. The van der Waals surface area contributed by atoms with Gasteiger partial charge in [-0.3, -0.25) is 4.79 Å². The second-order valence-electron chi connectivity index (χ2n) is 4.43. The van der Waals surface area contributed by atoms with Crippen molar-refractivity contribution in [3.05, 3.63) is 21.6 Å². The molecule has 9 heteroatoms. The minimum Gasteiger partial charge on any atom is -0.382 e. The molecule has 1 N–H and O–H groups in total. The number of alkyl halides is 3. The summed E-state index contributed by atoms with van der Waals surface area (Å²) < 4.78 is 37.0. The molecule has 0 saturated heterocycles. The number of anilines is 1. The molecule has 21 heavy (non-hydrogen) atoms. The molecule has 120 valence electrons. The van der Waals surface area contributed by atoms with Gasteiger partial charge >= 0.3 is 6.18 Å². The van der Waals surface area contributed by atoms with Crippen LogP contribution in [-0.4, -0.2) is 34.5 Å². The molecule has 1 aromatic rings. The Bertz CT molecular complexity index is 508. The molecule has 0 radical (unpaired) electrons. The normalized spacial score (nSPS) is 11.7. The van der Waals surface area contributed by atoms with Gasteiger partial charge in [0.2, 0.25) is 0 Å². The van der Waals surface area contributed by atoms with Gasteiger partial charge in [0.25, 0.3) is 5.56 Å². The zero-order valence-corrected chi connectivity index (χ0v) is 13.1. The van der Waals surface area contributed by atoms with E-state index in [1.165, 1.54) is 0 Å². The van der Waals surface area contributed by atoms with E-state index in [2.05, 4.69) is 10.4 Å². The molecule has 0 aliphatic heterocycles. The van der Waals surface area contributed by atoms with Crippen molar-refractivity contribution in [3.63, 3.8) is 0 Å². The highest BCUT2D eigenvalue weighted by Crippen LogP contribution is 2.19. The van der Waals surface area contributed by atoms with Crippen molar-refractivity contribution in [1.82, 2.24) is 9.78 Å². The first-order chi connectivity index (χ1) is 9.85. The SMILES string of the molecule is CSCCCCCNc1cnn(CC(F)(F)F)c(=O)c1Cl. The summed E-state index contributed by atoms with van der Waals surface area (Å²) in [5.74, 6) is 1.09. The Hall–Kier alpha value is -0.890. The van der Waals surface area contributed by atoms with Gasteiger partial charge in [-0.05, 0) is 24.9 Å². The zero-order chi connectivity index (χ0) is 15.9. The van der Waals surface area contributed by atoms with E-state index in [1.807, 2.05) is 6.26 Å². The molecule has 0 aromatic carbocycles. The van der Waals surface area contributed by atoms with Crippen molar-refractivity contribution in [1.29, 1.82) is 0 Å². The topological polar surface area (TPSA) is 46.9 Å². The number of thioether (sulfide) groups is 1. The minimum atomic E-state index is -4.51. The molecule has 1 rings (SSSR count). The molecule has 4 nitrogen and oxygen atoms in total. The lowest BCUT2D eigenvalue weighted by atomic mass is 10.2. The first kappa shape index (κ1) is 18.2. The molecule has 0 saturated carbocycles. The average Bonchev–Trinajstić information content (AvgIpc) is 2.40. The van der Waals surface area contributed by atoms with E-state index >= 15 is 0 Å². The van der Waals surface area contributed by atoms with Gasteiger partial charge in [-0.1, -0.05) is 18.0 Å². The van der Waals surface area contributed by atoms with E-state index in [9.17, 15) is 18.0 Å². The van der Waals surface area contributed by atoms with E-state index in [0.29, 0.717) is 11.2 Å². The number of halogens is 4. The van der Waals surface area contributed by atoms with E-state index in [4.69, 9.17) is 11.6 Å². The van der Waals surface area contributed by atoms with Crippen LogP contribution in [0.15, 0.2) is 11.0 Å². The van der Waals surface area contributed by atoms with Gasteiger partial charge in [-0.25, -0.2) is 4.68 Å². The Morgan fingerprint density at radius 2 is 2.10 bits per heavy atom. The van der Waals surface area contributed by atoms with E-state index in [1.54, 1.807) is 11.8 Å². The maximum absolute atomic E-state index is 12.2. The Balaban J connectivity index is 2.57. The third kappa shape index (κ3) is 6.60. The molecular weight excluding hydrogens is 327 g/mol. The van der Waals surface area contributed by atoms with Crippen LogP contribution in [0, 0.1) is 0 Å². The van der Waals surface area contributed by atoms with Crippen LogP contribution in [0.1, 0.15) is 19.3 Å². The first-order valence-electron chi connectivity index (χ1n) is 6.40. The molecule has 0 unspecified atom stereocenters. The fourth-order valence-electron chi connectivity index (χ4n) is 1.64. The van der Waals surface area contributed by atoms with Crippen molar-refractivity contribution in [2.75, 3.05) is 23.9 Å². The number of nitrogens with one attached hydrogen (secondary N) is 1. The van der Waals surface area contributed by atoms with Gasteiger partial charge in [-0.2, -0.15) is 30.0 Å². The molecule has 0 atom stereocenters. The highest BCUT2D eigenvalue weighted by molar-refractivity contribution is 7.98. The number of unbranched alkanes of at least 4 members (excludes halogenated alkanes) is 2. The monoisotopic (exact) mass is 343 g/mol. The lowest BCUT2D eigenvalue weighted by molar-refractivity contribution is -0.143. The first-order valence-corrected chi connectivity index (χ1v) is 8.17. The summed E-state index contributed by atoms with van der Waals surface area (Å²) in [7, 11) is 0. The van der Waals surface area contributed by atoms with E-state index in [-0.39, 0.29) is 10.7 Å². The maximum atomic E-state index is 12.2. The highest BCUT2D eigenvalue weighted by Gasteiger charge is 2.29. The summed E-state index contributed by atoms with van der Waals surface area (Å²) in [6, 6.07) is 0. The minimum absolute atomic E-state index is 0.265. The molecule has 1 heterocycles. The highest BCUT2D eigenvalue weighted by atomic mass is 35.5. The quantitative estimate of drug-likeness (QED) is 0.735. The summed E-state index contributed by atoms with van der Waals surface area (Å²) in [6.45, 7) is -0.848. The third-order valence-corrected chi connectivity index (χ3v) is 3.72. The lowest BCUT2D eigenvalue weighted by Crippen LogP contribution is -2.30. The Morgan fingerprint density at radius 1 is 1.38 bits per heavy atom. The fraction of sp³-hybridized carbons (Fsp3) is 0.667. The smallest absolute Gasteiger partial charge is 0.382 e. The number of hydrogen-bond acceptors (Lipinski definition) is 4. The summed E-state index contributed by atoms with van der Waals surface area (Å²) in [5, 5.41) is 6.15. The maximum Gasteiger partial charge on any atom is 0.408 e. The van der Waals surface area contributed by atoms with Gasteiger partial charge in [0, 0.05) is 6.54 Å². The summed E-state index contributed by atoms with van der Waals surface area (Å²) in [5.41, 5.74) is -0.675. The van der Waals surface area contributed by atoms with Crippen LogP contribution in [-0.2, 0) is 6.54 Å². The Labute approximate surface area is 130 Å². The molecule has 0 spiro atoms. The Kier molecular flexibility index (Phi) is 7.37. The van der Waals surface area contributed by atoms with Crippen molar-refractivity contribution in [2.45, 2.75) is 32.0 Å². The predicted octanol–water partition coefficient (Wildman–Crippen LogP) is 3.40. The van der Waals surface area contributed by atoms with Gasteiger partial charge in [0.1, 0.15) is 11.6 Å². The number of aromatic nitrogens is 2. The third-order valence-electron chi connectivity index (χ3n) is 2.65. The van der Waals surface area contributed by atoms with Crippen LogP contribution in [0.3, 0.4) is 0 Å². The summed E-state index contributed by atoms with van der Waals surface area (Å²) in [4.78, 5) is 11.7. The second kappa shape index (κ2) is 8.53. The molecule has 0 aliphatic rings. The van der Waals surface area contributed by atoms with E-state index < -0.39 is 18.3 Å². The van der Waals surface area contributed by atoms with Gasteiger partial charge in [-0.15, -0.1) is 0 Å². The largest absolute Gasteiger partial charge is 0.408 e. The lowest BCUT2D eigenvalue weighted by Gasteiger charge is -2.11. The molecule has 0 amide bonds. The number of hydrogen-bond donors (Lipinski definition) is 1. The zero-order valence-electron chi connectivity index (χ0n) is 11.5. The second-order valence-corrected chi connectivity index (χ2v) is 5.79. The van der Waals surface area contributed by atoms with Gasteiger partial charge < -0.3 is 5.32 Å². The number of nitrogens with zero attached hydrogens (tertiary/aromatic N) is 2.